The van der Waals surface area contributed by atoms with Crippen LogP contribution in [0.25, 0.3) is 0 Å². The highest BCUT2D eigenvalue weighted by molar-refractivity contribution is 5.80. The summed E-state index contributed by atoms with van der Waals surface area (Å²) in [5.41, 5.74) is 0. The van der Waals surface area contributed by atoms with Gasteiger partial charge in [0.2, 0.25) is 5.91 Å². The van der Waals surface area contributed by atoms with Gasteiger partial charge in [-0.05, 0) is 36.5 Å². The first-order valence-electron chi connectivity index (χ1n) is 6.52. The Labute approximate surface area is 95.7 Å². The predicted octanol–water partition coefficient (Wildman–Crippen LogP) is 0.533. The van der Waals surface area contributed by atoms with Gasteiger partial charge >= 0.3 is 0 Å². The molecule has 1 amide bonds. The number of allylic oxidation sites excluding steroid dienone is 2. The quantitative estimate of drug-likeness (QED) is 0.664. The van der Waals surface area contributed by atoms with Crippen molar-refractivity contribution < 1.29 is 4.79 Å². The summed E-state index contributed by atoms with van der Waals surface area (Å²) in [6, 6.07) is 0.497. The van der Waals surface area contributed by atoms with Crippen molar-refractivity contribution in [2.24, 2.45) is 29.6 Å². The van der Waals surface area contributed by atoms with Crippen LogP contribution in [-0.4, -0.2) is 25.0 Å². The van der Waals surface area contributed by atoms with Crippen LogP contribution >= 0.6 is 0 Å². The van der Waals surface area contributed by atoms with E-state index in [2.05, 4.69) is 22.8 Å². The van der Waals surface area contributed by atoms with Crippen LogP contribution in [-0.2, 0) is 4.79 Å². The molecule has 3 nitrogen and oxygen atoms in total. The third kappa shape index (κ3) is 1.21. The summed E-state index contributed by atoms with van der Waals surface area (Å²) in [6.07, 6.45) is 6.86. The first-order valence-corrected chi connectivity index (χ1v) is 6.52. The lowest BCUT2D eigenvalue weighted by Crippen LogP contribution is -2.38. The van der Waals surface area contributed by atoms with Crippen molar-refractivity contribution in [2.75, 3.05) is 13.1 Å². The second-order valence-corrected chi connectivity index (χ2v) is 5.91. The predicted molar refractivity (Wildman–Crippen MR) is 60.6 cm³/mol. The maximum atomic E-state index is 12.2. The molecule has 5 atom stereocenters. The molecule has 2 bridgehead atoms. The first-order chi connectivity index (χ1) is 7.83. The van der Waals surface area contributed by atoms with Gasteiger partial charge in [0.1, 0.15) is 0 Å². The molecule has 1 heterocycles. The van der Waals surface area contributed by atoms with E-state index in [4.69, 9.17) is 0 Å². The Morgan fingerprint density at radius 3 is 2.62 bits per heavy atom. The number of nitrogens with one attached hydrogen (secondary N) is 2. The monoisotopic (exact) mass is 218 g/mol. The second kappa shape index (κ2) is 3.10. The average Bonchev–Trinajstić information content (AvgIpc) is 2.83. The summed E-state index contributed by atoms with van der Waals surface area (Å²) in [5.74, 6) is 3.32. The number of rotatable bonds is 2. The number of hydrogen-bond donors (Lipinski definition) is 2. The number of hydrogen-bond acceptors (Lipinski definition) is 2. The lowest BCUT2D eigenvalue weighted by molar-refractivity contribution is -0.126. The lowest BCUT2D eigenvalue weighted by atomic mass is 9.93. The zero-order valence-corrected chi connectivity index (χ0v) is 9.36. The van der Waals surface area contributed by atoms with E-state index < -0.39 is 0 Å². The van der Waals surface area contributed by atoms with Crippen molar-refractivity contribution in [3.8, 4) is 0 Å². The van der Waals surface area contributed by atoms with Gasteiger partial charge in [0.25, 0.3) is 0 Å². The van der Waals surface area contributed by atoms with Crippen molar-refractivity contribution in [1.29, 1.82) is 0 Å². The van der Waals surface area contributed by atoms with Gasteiger partial charge in [0.05, 0.1) is 0 Å². The summed E-state index contributed by atoms with van der Waals surface area (Å²) < 4.78 is 0. The van der Waals surface area contributed by atoms with Crippen molar-refractivity contribution in [2.45, 2.75) is 18.9 Å². The molecular weight excluding hydrogens is 200 g/mol. The Bertz CT molecular complexity index is 355. The second-order valence-electron chi connectivity index (χ2n) is 5.91. The van der Waals surface area contributed by atoms with Gasteiger partial charge in [-0.25, -0.2) is 0 Å². The highest BCUT2D eigenvalue weighted by Gasteiger charge is 2.54. The molecule has 4 aliphatic rings. The third-order valence-electron chi connectivity index (χ3n) is 5.02. The zero-order chi connectivity index (χ0) is 10.7. The molecule has 0 spiro atoms. The van der Waals surface area contributed by atoms with Crippen molar-refractivity contribution in [3.05, 3.63) is 12.2 Å². The molecule has 5 unspecified atom stereocenters. The largest absolute Gasteiger partial charge is 0.352 e. The minimum Gasteiger partial charge on any atom is -0.352 e. The fourth-order valence-corrected chi connectivity index (χ4v) is 3.99. The fourth-order valence-electron chi connectivity index (χ4n) is 3.99. The molecule has 1 aliphatic heterocycles. The standard InChI is InChI=1S/C13H18N2O/c16-13(9-4-7-1-2-8(9)3-7)15-12-10-5-14-6-11(10)12/h1-2,7-12,14H,3-6H2,(H,15,16). The molecule has 3 aliphatic carbocycles. The van der Waals surface area contributed by atoms with Gasteiger partial charge in [-0.2, -0.15) is 0 Å². The molecule has 4 rings (SSSR count). The van der Waals surface area contributed by atoms with Gasteiger partial charge in [-0.3, -0.25) is 4.79 Å². The molecule has 0 radical (unpaired) electrons. The van der Waals surface area contributed by atoms with Crippen LogP contribution in [0.15, 0.2) is 12.2 Å². The molecule has 0 aromatic rings. The topological polar surface area (TPSA) is 41.1 Å². The van der Waals surface area contributed by atoms with Gasteiger partial charge in [-0.15, -0.1) is 0 Å². The first kappa shape index (κ1) is 9.23. The van der Waals surface area contributed by atoms with E-state index >= 15 is 0 Å². The Balaban J connectivity index is 1.38. The van der Waals surface area contributed by atoms with Crippen molar-refractivity contribution >= 4 is 5.91 Å². The summed E-state index contributed by atoms with van der Waals surface area (Å²) in [6.45, 7) is 2.21. The lowest BCUT2D eigenvalue weighted by Gasteiger charge is -2.18. The maximum Gasteiger partial charge on any atom is 0.223 e. The van der Waals surface area contributed by atoms with Crippen LogP contribution in [0.1, 0.15) is 12.8 Å². The number of amides is 1. The summed E-state index contributed by atoms with van der Waals surface area (Å²) in [4.78, 5) is 12.2. The summed E-state index contributed by atoms with van der Waals surface area (Å²) in [5, 5.41) is 6.63. The molecule has 2 saturated carbocycles. The minimum atomic E-state index is 0.282. The van der Waals surface area contributed by atoms with Crippen LogP contribution in [0.4, 0.5) is 0 Å². The van der Waals surface area contributed by atoms with E-state index in [1.54, 1.807) is 0 Å². The summed E-state index contributed by atoms with van der Waals surface area (Å²) >= 11 is 0. The SMILES string of the molecule is O=C(NC1C2CNCC21)C1CC2C=CC1C2. The van der Waals surface area contributed by atoms with E-state index in [0.29, 0.717) is 23.8 Å². The summed E-state index contributed by atoms with van der Waals surface area (Å²) in [7, 11) is 0. The van der Waals surface area contributed by atoms with Gasteiger partial charge in [-0.1, -0.05) is 12.2 Å². The number of piperidine rings is 1. The van der Waals surface area contributed by atoms with E-state index in [9.17, 15) is 4.79 Å². The van der Waals surface area contributed by atoms with Gasteiger partial charge < -0.3 is 10.6 Å². The minimum absolute atomic E-state index is 0.282. The Kier molecular flexibility index (Phi) is 1.79. The Hall–Kier alpha value is -0.830. The number of carbonyl (C=O) groups is 1. The van der Waals surface area contributed by atoms with Gasteiger partial charge in [0, 0.05) is 25.0 Å². The maximum absolute atomic E-state index is 12.2. The normalized spacial score (nSPS) is 51.8. The Morgan fingerprint density at radius 2 is 2.00 bits per heavy atom. The van der Waals surface area contributed by atoms with Crippen molar-refractivity contribution in [3.63, 3.8) is 0 Å². The molecule has 2 N–H and O–H groups in total. The van der Waals surface area contributed by atoms with Crippen LogP contribution in [0.5, 0.6) is 0 Å². The van der Waals surface area contributed by atoms with E-state index in [1.807, 2.05) is 0 Å². The zero-order valence-electron chi connectivity index (χ0n) is 9.36. The molecule has 0 aromatic heterocycles. The van der Waals surface area contributed by atoms with Crippen LogP contribution in [0.3, 0.4) is 0 Å². The highest BCUT2D eigenvalue weighted by atomic mass is 16.2. The average molecular weight is 218 g/mol. The highest BCUT2D eigenvalue weighted by Crippen LogP contribution is 2.45. The molecular formula is C13H18N2O. The molecule has 86 valence electrons. The number of fused-ring (bicyclic) bond motifs is 3. The van der Waals surface area contributed by atoms with Gasteiger partial charge in [0.15, 0.2) is 0 Å². The molecule has 3 fully saturated rings. The molecule has 1 saturated heterocycles. The van der Waals surface area contributed by atoms with E-state index in [-0.39, 0.29) is 5.92 Å². The van der Waals surface area contributed by atoms with Crippen LogP contribution in [0.2, 0.25) is 0 Å². The fraction of sp³-hybridized carbons (Fsp3) is 0.769. The third-order valence-corrected chi connectivity index (χ3v) is 5.02. The van der Waals surface area contributed by atoms with E-state index in [1.165, 1.54) is 6.42 Å². The molecule has 0 aromatic carbocycles. The van der Waals surface area contributed by atoms with Crippen LogP contribution in [0, 0.1) is 29.6 Å². The molecule has 3 heteroatoms. The van der Waals surface area contributed by atoms with E-state index in [0.717, 1.165) is 31.3 Å². The smallest absolute Gasteiger partial charge is 0.223 e. The number of carbonyl (C=O) groups excluding carboxylic acids is 1. The molecule has 16 heavy (non-hydrogen) atoms. The van der Waals surface area contributed by atoms with Crippen LogP contribution < -0.4 is 10.6 Å². The van der Waals surface area contributed by atoms with Crippen molar-refractivity contribution in [1.82, 2.24) is 10.6 Å². The Morgan fingerprint density at radius 1 is 1.19 bits per heavy atom.